The van der Waals surface area contributed by atoms with E-state index in [9.17, 15) is 15.0 Å². The highest BCUT2D eigenvalue weighted by Crippen LogP contribution is 2.20. The van der Waals surface area contributed by atoms with Crippen LogP contribution in [0.3, 0.4) is 0 Å². The second-order valence-electron chi connectivity index (χ2n) is 5.11. The highest BCUT2D eigenvalue weighted by Gasteiger charge is 2.20. The smallest absolute Gasteiger partial charge is 0.225 e. The van der Waals surface area contributed by atoms with Crippen molar-refractivity contribution < 1.29 is 15.0 Å². The van der Waals surface area contributed by atoms with E-state index in [2.05, 4.69) is 5.32 Å². The minimum absolute atomic E-state index is 0.0122. The van der Waals surface area contributed by atoms with Crippen LogP contribution in [0.25, 0.3) is 0 Å². The third-order valence-corrected chi connectivity index (χ3v) is 2.34. The first-order valence-electron chi connectivity index (χ1n) is 5.59. The summed E-state index contributed by atoms with van der Waals surface area (Å²) in [5, 5.41) is 21.4. The molecule has 0 bridgehead atoms. The number of phenols is 2. The maximum atomic E-state index is 11.6. The van der Waals surface area contributed by atoms with Crippen molar-refractivity contribution in [1.29, 1.82) is 0 Å². The Labute approximate surface area is 101 Å². The van der Waals surface area contributed by atoms with Crippen LogP contribution in [-0.4, -0.2) is 22.7 Å². The molecule has 1 rings (SSSR count). The van der Waals surface area contributed by atoms with Crippen LogP contribution in [0.15, 0.2) is 18.2 Å². The van der Waals surface area contributed by atoms with Gasteiger partial charge in [0.2, 0.25) is 5.91 Å². The number of rotatable bonds is 3. The summed E-state index contributed by atoms with van der Waals surface area (Å²) in [6.07, 6.45) is 0.573. The quantitative estimate of drug-likeness (QED) is 0.750. The van der Waals surface area contributed by atoms with Crippen LogP contribution in [0.4, 0.5) is 0 Å². The molecule has 0 aliphatic carbocycles. The maximum absolute atomic E-state index is 11.6. The van der Waals surface area contributed by atoms with E-state index in [1.807, 2.05) is 20.8 Å². The molecule has 1 aromatic carbocycles. The molecule has 0 aliphatic heterocycles. The van der Waals surface area contributed by atoms with Gasteiger partial charge < -0.3 is 15.5 Å². The Morgan fingerprint density at radius 3 is 2.18 bits per heavy atom. The van der Waals surface area contributed by atoms with Gasteiger partial charge >= 0.3 is 0 Å². The van der Waals surface area contributed by atoms with Gasteiger partial charge in [-0.1, -0.05) is 20.8 Å². The Bertz CT molecular complexity index is 387. The van der Waals surface area contributed by atoms with Gasteiger partial charge in [0, 0.05) is 18.0 Å². The van der Waals surface area contributed by atoms with E-state index >= 15 is 0 Å². The first kappa shape index (κ1) is 13.4. The molecule has 17 heavy (non-hydrogen) atoms. The lowest BCUT2D eigenvalue weighted by Crippen LogP contribution is -2.35. The lowest BCUT2D eigenvalue weighted by molar-refractivity contribution is -0.128. The minimum atomic E-state index is -0.402. The number of carbonyl (C=O) groups is 1. The standard InChI is InChI=1S/C13H19NO3/c1-13(2,3)12(17)14-5-4-9-6-10(15)8-11(16)7-9/h6-8,15-16H,4-5H2,1-3H3,(H,14,17). The van der Waals surface area contributed by atoms with Gasteiger partial charge in [-0.25, -0.2) is 0 Å². The Morgan fingerprint density at radius 1 is 1.18 bits per heavy atom. The van der Waals surface area contributed by atoms with Gasteiger partial charge in [0.1, 0.15) is 11.5 Å². The zero-order valence-corrected chi connectivity index (χ0v) is 10.4. The fourth-order valence-corrected chi connectivity index (χ4v) is 1.39. The van der Waals surface area contributed by atoms with Crippen LogP contribution >= 0.6 is 0 Å². The predicted octanol–water partition coefficient (Wildman–Crippen LogP) is 1.80. The normalized spacial score (nSPS) is 11.2. The molecular formula is C13H19NO3. The summed E-state index contributed by atoms with van der Waals surface area (Å²) in [7, 11) is 0. The van der Waals surface area contributed by atoms with Crippen LogP contribution < -0.4 is 5.32 Å². The number of hydrogen-bond donors (Lipinski definition) is 3. The molecule has 0 heterocycles. The van der Waals surface area contributed by atoms with Crippen molar-refractivity contribution in [2.45, 2.75) is 27.2 Å². The summed E-state index contributed by atoms with van der Waals surface area (Å²) in [6.45, 7) is 6.03. The van der Waals surface area contributed by atoms with Crippen molar-refractivity contribution >= 4 is 5.91 Å². The van der Waals surface area contributed by atoms with Crippen LogP contribution in [0.2, 0.25) is 0 Å². The van der Waals surface area contributed by atoms with E-state index in [1.54, 1.807) is 12.1 Å². The molecule has 3 N–H and O–H groups in total. The first-order chi connectivity index (χ1) is 7.79. The Hall–Kier alpha value is -1.71. The SMILES string of the molecule is CC(C)(C)C(=O)NCCc1cc(O)cc(O)c1. The van der Waals surface area contributed by atoms with E-state index in [0.29, 0.717) is 13.0 Å². The Morgan fingerprint density at radius 2 is 1.71 bits per heavy atom. The van der Waals surface area contributed by atoms with E-state index in [-0.39, 0.29) is 17.4 Å². The van der Waals surface area contributed by atoms with Gasteiger partial charge in [0.15, 0.2) is 0 Å². The molecule has 0 atom stereocenters. The lowest BCUT2D eigenvalue weighted by Gasteiger charge is -2.17. The van der Waals surface area contributed by atoms with Crippen molar-refractivity contribution in [1.82, 2.24) is 5.32 Å². The van der Waals surface area contributed by atoms with Crippen LogP contribution in [0.1, 0.15) is 26.3 Å². The number of hydrogen-bond acceptors (Lipinski definition) is 3. The van der Waals surface area contributed by atoms with Gasteiger partial charge in [0.05, 0.1) is 0 Å². The second kappa shape index (κ2) is 5.08. The van der Waals surface area contributed by atoms with Gasteiger partial charge in [-0.2, -0.15) is 0 Å². The molecule has 1 amide bonds. The van der Waals surface area contributed by atoms with Crippen molar-refractivity contribution in [3.8, 4) is 11.5 Å². The number of aromatic hydroxyl groups is 2. The molecule has 4 nitrogen and oxygen atoms in total. The number of benzene rings is 1. The summed E-state index contributed by atoms with van der Waals surface area (Å²) < 4.78 is 0. The average molecular weight is 237 g/mol. The Balaban J connectivity index is 2.49. The largest absolute Gasteiger partial charge is 0.508 e. The lowest BCUT2D eigenvalue weighted by atomic mass is 9.95. The number of amides is 1. The molecule has 0 aromatic heterocycles. The second-order valence-corrected chi connectivity index (χ2v) is 5.11. The topological polar surface area (TPSA) is 69.6 Å². The minimum Gasteiger partial charge on any atom is -0.508 e. The Kier molecular flexibility index (Phi) is 3.99. The van der Waals surface area contributed by atoms with Crippen LogP contribution in [0, 0.1) is 5.41 Å². The third kappa shape index (κ3) is 4.34. The molecule has 0 spiro atoms. The molecule has 1 aromatic rings. The zero-order chi connectivity index (χ0) is 13.1. The van der Waals surface area contributed by atoms with E-state index in [1.165, 1.54) is 6.07 Å². The summed E-state index contributed by atoms with van der Waals surface area (Å²) in [6, 6.07) is 4.42. The molecular weight excluding hydrogens is 218 g/mol. The van der Waals surface area contributed by atoms with E-state index < -0.39 is 5.41 Å². The molecule has 94 valence electrons. The van der Waals surface area contributed by atoms with Crippen molar-refractivity contribution in [2.24, 2.45) is 5.41 Å². The van der Waals surface area contributed by atoms with Gasteiger partial charge in [-0.05, 0) is 24.1 Å². The summed E-state index contributed by atoms with van der Waals surface area (Å²) >= 11 is 0. The first-order valence-corrected chi connectivity index (χ1v) is 5.59. The summed E-state index contributed by atoms with van der Waals surface area (Å²) in [5.41, 5.74) is 0.387. The fraction of sp³-hybridized carbons (Fsp3) is 0.462. The molecule has 0 radical (unpaired) electrons. The molecule has 0 unspecified atom stereocenters. The molecule has 0 saturated carbocycles. The molecule has 0 saturated heterocycles. The number of phenolic OH excluding ortho intramolecular Hbond substituents is 2. The predicted molar refractivity (Wildman–Crippen MR) is 65.9 cm³/mol. The van der Waals surface area contributed by atoms with E-state index in [0.717, 1.165) is 5.56 Å². The van der Waals surface area contributed by atoms with Crippen molar-refractivity contribution in [3.63, 3.8) is 0 Å². The maximum Gasteiger partial charge on any atom is 0.225 e. The molecule has 0 aliphatic rings. The summed E-state index contributed by atoms with van der Waals surface area (Å²) in [5.74, 6) is 0.0474. The van der Waals surface area contributed by atoms with Crippen molar-refractivity contribution in [2.75, 3.05) is 6.54 Å². The monoisotopic (exact) mass is 237 g/mol. The van der Waals surface area contributed by atoms with Crippen molar-refractivity contribution in [3.05, 3.63) is 23.8 Å². The molecule has 0 fully saturated rings. The highest BCUT2D eigenvalue weighted by atomic mass is 16.3. The number of carbonyl (C=O) groups excluding carboxylic acids is 1. The van der Waals surface area contributed by atoms with E-state index in [4.69, 9.17) is 0 Å². The average Bonchev–Trinajstić information content (AvgIpc) is 2.14. The summed E-state index contributed by atoms with van der Waals surface area (Å²) in [4.78, 5) is 11.6. The van der Waals surface area contributed by atoms with Gasteiger partial charge in [-0.15, -0.1) is 0 Å². The van der Waals surface area contributed by atoms with Crippen LogP contribution in [0.5, 0.6) is 11.5 Å². The fourth-order valence-electron chi connectivity index (χ4n) is 1.39. The molecule has 4 heteroatoms. The van der Waals surface area contributed by atoms with Crippen LogP contribution in [-0.2, 0) is 11.2 Å². The third-order valence-electron chi connectivity index (χ3n) is 2.34. The highest BCUT2D eigenvalue weighted by molar-refractivity contribution is 5.81. The van der Waals surface area contributed by atoms with Gasteiger partial charge in [0.25, 0.3) is 0 Å². The zero-order valence-electron chi connectivity index (χ0n) is 10.4. The van der Waals surface area contributed by atoms with Gasteiger partial charge in [-0.3, -0.25) is 4.79 Å². The number of nitrogens with one attached hydrogen (secondary N) is 1.